The van der Waals surface area contributed by atoms with Crippen LogP contribution in [0.1, 0.15) is 79.3 Å². The lowest BCUT2D eigenvalue weighted by atomic mass is 9.79. The van der Waals surface area contributed by atoms with Crippen LogP contribution in [0.4, 0.5) is 4.79 Å². The summed E-state index contributed by atoms with van der Waals surface area (Å²) in [6, 6.07) is 9.11. The number of rotatable bonds is 6. The number of carbonyl (C=O) groups excluding carboxylic acids is 2. The van der Waals surface area contributed by atoms with Crippen molar-refractivity contribution in [2.24, 2.45) is 0 Å². The van der Waals surface area contributed by atoms with Gasteiger partial charge in [-0.1, -0.05) is 42.5 Å². The van der Waals surface area contributed by atoms with Crippen LogP contribution >= 0.6 is 0 Å². The largest absolute Gasteiger partial charge is 0.444 e. The van der Waals surface area contributed by atoms with E-state index in [0.717, 1.165) is 5.56 Å². The number of hydrogen-bond acceptors (Lipinski definition) is 5. The van der Waals surface area contributed by atoms with E-state index in [9.17, 15) is 14.8 Å². The van der Waals surface area contributed by atoms with Gasteiger partial charge < -0.3 is 20.6 Å². The number of benzene rings is 1. The van der Waals surface area contributed by atoms with Gasteiger partial charge in [-0.05, 0) is 66.9 Å². The van der Waals surface area contributed by atoms with Gasteiger partial charge in [0.05, 0.1) is 6.04 Å². The third-order valence-electron chi connectivity index (χ3n) is 5.47. The fourth-order valence-electron chi connectivity index (χ4n) is 4.31. The Balaban J connectivity index is 2.00. The second-order valence-electron chi connectivity index (χ2n) is 10.8. The predicted octanol–water partition coefficient (Wildman–Crippen LogP) is 4.73. The lowest BCUT2D eigenvalue weighted by molar-refractivity contribution is -0.246. The predicted molar refractivity (Wildman–Crippen MR) is 125 cm³/mol. The highest BCUT2D eigenvalue weighted by Crippen LogP contribution is 2.36. The van der Waals surface area contributed by atoms with E-state index >= 15 is 0 Å². The molecule has 0 radical (unpaired) electrons. The van der Waals surface area contributed by atoms with E-state index in [1.54, 1.807) is 6.08 Å². The van der Waals surface area contributed by atoms with E-state index in [1.165, 1.54) is 5.06 Å². The first kappa shape index (κ1) is 25.9. The molecular formula is C25H39N3O4. The summed E-state index contributed by atoms with van der Waals surface area (Å²) in [5.41, 5.74) is -0.550. The summed E-state index contributed by atoms with van der Waals surface area (Å²) in [6.45, 7) is 13.3. The molecule has 0 aliphatic carbocycles. The van der Waals surface area contributed by atoms with E-state index in [-0.39, 0.29) is 18.4 Å². The third-order valence-corrected chi connectivity index (χ3v) is 5.47. The van der Waals surface area contributed by atoms with Crippen LogP contribution in [0, 0.1) is 0 Å². The number of hydroxylamine groups is 2. The molecule has 1 atom stereocenters. The smallest absolute Gasteiger partial charge is 0.408 e. The lowest BCUT2D eigenvalue weighted by Gasteiger charge is -2.51. The Morgan fingerprint density at radius 3 is 2.25 bits per heavy atom. The Hall–Kier alpha value is -2.38. The minimum atomic E-state index is -0.597. The normalized spacial score (nSPS) is 20.0. The van der Waals surface area contributed by atoms with Crippen LogP contribution in [0.3, 0.4) is 0 Å². The molecule has 7 nitrogen and oxygen atoms in total. The Morgan fingerprint density at radius 2 is 1.72 bits per heavy atom. The van der Waals surface area contributed by atoms with E-state index in [4.69, 9.17) is 4.74 Å². The maximum atomic E-state index is 12.6. The molecule has 1 saturated heterocycles. The average Bonchev–Trinajstić information content (AvgIpc) is 2.64. The molecule has 2 rings (SSSR count). The first-order chi connectivity index (χ1) is 14.7. The molecule has 3 N–H and O–H groups in total. The van der Waals surface area contributed by atoms with Gasteiger partial charge in [-0.25, -0.2) is 4.79 Å². The molecule has 2 amide bonds. The van der Waals surface area contributed by atoms with E-state index in [2.05, 4.69) is 10.6 Å². The number of piperidine rings is 1. The Labute approximate surface area is 192 Å². The second-order valence-corrected chi connectivity index (χ2v) is 10.8. The maximum absolute atomic E-state index is 12.6. The molecule has 0 aromatic heterocycles. The van der Waals surface area contributed by atoms with Crippen LogP contribution in [0.5, 0.6) is 0 Å². The molecule has 32 heavy (non-hydrogen) atoms. The van der Waals surface area contributed by atoms with Gasteiger partial charge in [-0.15, -0.1) is 0 Å². The summed E-state index contributed by atoms with van der Waals surface area (Å²) in [5.74, 6) is -0.0895. The van der Waals surface area contributed by atoms with E-state index in [0.29, 0.717) is 12.8 Å². The van der Waals surface area contributed by atoms with Crippen LogP contribution in [0.2, 0.25) is 0 Å². The summed E-state index contributed by atoms with van der Waals surface area (Å²) >= 11 is 0. The van der Waals surface area contributed by atoms with Gasteiger partial charge in [-0.2, -0.15) is 5.06 Å². The van der Waals surface area contributed by atoms with Crippen LogP contribution in [-0.2, 0) is 9.53 Å². The van der Waals surface area contributed by atoms with Gasteiger partial charge in [0.25, 0.3) is 0 Å². The molecule has 1 aliphatic heterocycles. The fourth-order valence-corrected chi connectivity index (χ4v) is 4.31. The number of hydrogen-bond donors (Lipinski definition) is 3. The van der Waals surface area contributed by atoms with Crippen molar-refractivity contribution in [1.29, 1.82) is 0 Å². The van der Waals surface area contributed by atoms with Gasteiger partial charge in [0.2, 0.25) is 5.91 Å². The van der Waals surface area contributed by atoms with Crippen molar-refractivity contribution in [2.45, 2.75) is 96.5 Å². The Morgan fingerprint density at radius 1 is 1.16 bits per heavy atom. The molecular weight excluding hydrogens is 406 g/mol. The van der Waals surface area contributed by atoms with Gasteiger partial charge in [-0.3, -0.25) is 4.79 Å². The molecule has 0 bridgehead atoms. The van der Waals surface area contributed by atoms with Crippen molar-refractivity contribution < 1.29 is 19.5 Å². The summed E-state index contributed by atoms with van der Waals surface area (Å²) in [4.78, 5) is 24.9. The Bertz CT molecular complexity index is 794. The summed E-state index contributed by atoms with van der Waals surface area (Å²) in [7, 11) is 0. The molecule has 0 spiro atoms. The molecule has 1 aliphatic rings. The zero-order valence-electron chi connectivity index (χ0n) is 20.4. The van der Waals surface area contributed by atoms with Gasteiger partial charge in [0, 0.05) is 23.5 Å². The number of amides is 2. The maximum Gasteiger partial charge on any atom is 0.408 e. The van der Waals surface area contributed by atoms with E-state index < -0.39 is 28.8 Å². The zero-order chi connectivity index (χ0) is 24.2. The highest BCUT2D eigenvalue weighted by molar-refractivity contribution is 5.78. The molecule has 0 unspecified atom stereocenters. The standard InChI is InChI=1S/C25H39N3O4/c1-23(2,3)32-22(30)27-20(18-12-9-8-10-13-18)14-11-15-21(29)26-19-16-24(4,5)28(31)25(6,7)17-19/h8-14,19-20,31H,15-17H2,1-7H3,(H,26,29)(H,27,30)/b14-11+/t20-/m0/s1. The Kier molecular flexibility index (Phi) is 8.12. The number of ether oxygens (including phenoxy) is 1. The van der Waals surface area contributed by atoms with E-state index in [1.807, 2.05) is 84.9 Å². The van der Waals surface area contributed by atoms with Gasteiger partial charge >= 0.3 is 6.09 Å². The topological polar surface area (TPSA) is 90.9 Å². The van der Waals surface area contributed by atoms with Gasteiger partial charge in [0.1, 0.15) is 5.60 Å². The van der Waals surface area contributed by atoms with Crippen LogP contribution in [0.15, 0.2) is 42.5 Å². The quantitative estimate of drug-likeness (QED) is 0.551. The number of nitrogens with one attached hydrogen (secondary N) is 2. The van der Waals surface area contributed by atoms with Crippen molar-refractivity contribution in [2.75, 3.05) is 0 Å². The lowest BCUT2D eigenvalue weighted by Crippen LogP contribution is -2.62. The number of alkyl carbamates (subject to hydrolysis) is 1. The minimum Gasteiger partial charge on any atom is -0.444 e. The summed E-state index contributed by atoms with van der Waals surface area (Å²) in [5, 5.41) is 17.8. The highest BCUT2D eigenvalue weighted by atomic mass is 16.6. The van der Waals surface area contributed by atoms with Crippen molar-refractivity contribution in [3.05, 3.63) is 48.0 Å². The average molecular weight is 446 g/mol. The molecule has 1 heterocycles. The van der Waals surface area contributed by atoms with Crippen molar-refractivity contribution in [3.63, 3.8) is 0 Å². The molecule has 178 valence electrons. The molecule has 7 heteroatoms. The summed E-state index contributed by atoms with van der Waals surface area (Å²) < 4.78 is 5.38. The molecule has 1 aromatic rings. The summed E-state index contributed by atoms with van der Waals surface area (Å²) in [6.07, 6.45) is 4.58. The SMILES string of the molecule is CC(C)(C)OC(=O)N[C@@H](/C=C/CC(=O)NC1CC(C)(C)N(O)C(C)(C)C1)c1ccccc1. The van der Waals surface area contributed by atoms with Crippen molar-refractivity contribution in [1.82, 2.24) is 15.7 Å². The van der Waals surface area contributed by atoms with Crippen LogP contribution in [-0.4, -0.2) is 45.0 Å². The first-order valence-corrected chi connectivity index (χ1v) is 11.2. The molecule has 1 fully saturated rings. The molecule has 1 aromatic carbocycles. The molecule has 0 saturated carbocycles. The minimum absolute atomic E-state index is 0.0193. The highest BCUT2D eigenvalue weighted by Gasteiger charge is 2.45. The van der Waals surface area contributed by atoms with Gasteiger partial charge in [0.15, 0.2) is 0 Å². The number of nitrogens with zero attached hydrogens (tertiary/aromatic N) is 1. The number of carbonyl (C=O) groups is 2. The second kappa shape index (κ2) is 10.0. The van der Waals surface area contributed by atoms with Crippen LogP contribution in [0.25, 0.3) is 0 Å². The zero-order valence-corrected chi connectivity index (χ0v) is 20.4. The van der Waals surface area contributed by atoms with Crippen molar-refractivity contribution >= 4 is 12.0 Å². The fraction of sp³-hybridized carbons (Fsp3) is 0.600. The van der Waals surface area contributed by atoms with Crippen LogP contribution < -0.4 is 10.6 Å². The van der Waals surface area contributed by atoms with Crippen molar-refractivity contribution in [3.8, 4) is 0 Å². The first-order valence-electron chi connectivity index (χ1n) is 11.2. The third kappa shape index (κ3) is 7.64. The monoisotopic (exact) mass is 445 g/mol.